The Balaban J connectivity index is 2.00. The topological polar surface area (TPSA) is 50.9 Å². The van der Waals surface area contributed by atoms with E-state index in [0.29, 0.717) is 11.4 Å². The van der Waals surface area contributed by atoms with Gasteiger partial charge in [-0.2, -0.15) is 0 Å². The number of nitrogens with one attached hydrogen (secondary N) is 1. The number of hydrogen-bond acceptors (Lipinski definition) is 4. The number of anilines is 3. The summed E-state index contributed by atoms with van der Waals surface area (Å²) in [4.78, 5) is 4.22. The molecule has 0 saturated carbocycles. The minimum absolute atomic E-state index is 0.0679. The van der Waals surface area contributed by atoms with Crippen molar-refractivity contribution in [2.24, 2.45) is 0 Å². The van der Waals surface area contributed by atoms with E-state index in [4.69, 9.17) is 17.3 Å². The quantitative estimate of drug-likeness (QED) is 0.688. The molecule has 2 aromatic carbocycles. The normalized spacial score (nSPS) is 10.8. The highest BCUT2D eigenvalue weighted by Gasteiger charge is 2.08. The molecule has 3 rings (SSSR count). The Hall–Kier alpha value is -1.85. The molecule has 0 atom stereocenters. The van der Waals surface area contributed by atoms with Crippen LogP contribution >= 0.6 is 22.9 Å². The minimum atomic E-state index is -0.449. The zero-order chi connectivity index (χ0) is 13.4. The van der Waals surface area contributed by atoms with Crippen LogP contribution in [0.1, 0.15) is 0 Å². The maximum Gasteiger partial charge on any atom is 0.141 e. The smallest absolute Gasteiger partial charge is 0.141 e. The highest BCUT2D eigenvalue weighted by molar-refractivity contribution is 7.16. The first-order valence-corrected chi connectivity index (χ1v) is 6.74. The standard InChI is InChI=1S/C13H9ClFN3S/c14-8-5-7(1-2-9(8)15)18-10-3-4-11-13(12(10)16)17-6-19-11/h1-6,18H,16H2. The fraction of sp³-hybridized carbons (Fsp3) is 0. The molecule has 0 aliphatic heterocycles. The molecule has 0 amide bonds. The van der Waals surface area contributed by atoms with Crippen molar-refractivity contribution in [3.05, 3.63) is 46.7 Å². The van der Waals surface area contributed by atoms with E-state index < -0.39 is 5.82 Å². The molecule has 3 N–H and O–H groups in total. The number of aromatic nitrogens is 1. The number of fused-ring (bicyclic) bond motifs is 1. The molecular weight excluding hydrogens is 285 g/mol. The van der Waals surface area contributed by atoms with E-state index in [1.165, 1.54) is 23.5 Å². The molecule has 0 spiro atoms. The third-order valence-electron chi connectivity index (χ3n) is 2.74. The number of nitrogen functional groups attached to an aromatic ring is 1. The van der Waals surface area contributed by atoms with Gasteiger partial charge in [-0.05, 0) is 30.3 Å². The molecule has 0 radical (unpaired) electrons. The molecule has 19 heavy (non-hydrogen) atoms. The molecule has 3 nitrogen and oxygen atoms in total. The maximum atomic E-state index is 13.1. The molecule has 0 saturated heterocycles. The monoisotopic (exact) mass is 293 g/mol. The summed E-state index contributed by atoms with van der Waals surface area (Å²) in [6.07, 6.45) is 0. The Morgan fingerprint density at radius 2 is 2.11 bits per heavy atom. The van der Waals surface area contributed by atoms with Crippen molar-refractivity contribution in [1.29, 1.82) is 0 Å². The fourth-order valence-corrected chi connectivity index (χ4v) is 2.66. The predicted molar refractivity (Wildman–Crippen MR) is 78.7 cm³/mol. The lowest BCUT2D eigenvalue weighted by atomic mass is 10.2. The van der Waals surface area contributed by atoms with Gasteiger partial charge in [0.05, 0.1) is 26.6 Å². The van der Waals surface area contributed by atoms with E-state index in [2.05, 4.69) is 10.3 Å². The van der Waals surface area contributed by atoms with Gasteiger partial charge in [0, 0.05) is 5.69 Å². The lowest BCUT2D eigenvalue weighted by Gasteiger charge is -2.10. The van der Waals surface area contributed by atoms with Gasteiger partial charge in [-0.3, -0.25) is 0 Å². The molecule has 0 fully saturated rings. The fourth-order valence-electron chi connectivity index (χ4n) is 1.79. The zero-order valence-electron chi connectivity index (χ0n) is 9.65. The number of hydrogen-bond donors (Lipinski definition) is 2. The Morgan fingerprint density at radius 3 is 2.89 bits per heavy atom. The average molecular weight is 294 g/mol. The van der Waals surface area contributed by atoms with Crippen molar-refractivity contribution in [2.45, 2.75) is 0 Å². The first-order chi connectivity index (χ1) is 9.15. The lowest BCUT2D eigenvalue weighted by molar-refractivity contribution is 0.628. The van der Waals surface area contributed by atoms with Crippen molar-refractivity contribution in [1.82, 2.24) is 4.98 Å². The van der Waals surface area contributed by atoms with Crippen molar-refractivity contribution < 1.29 is 4.39 Å². The van der Waals surface area contributed by atoms with Crippen LogP contribution in [-0.2, 0) is 0 Å². The number of halogens is 2. The Labute approximate surface area is 117 Å². The van der Waals surface area contributed by atoms with Gasteiger partial charge in [0.15, 0.2) is 0 Å². The van der Waals surface area contributed by atoms with Crippen molar-refractivity contribution in [3.63, 3.8) is 0 Å². The molecule has 3 aromatic rings. The third-order valence-corrected chi connectivity index (χ3v) is 3.82. The Bertz CT molecular complexity index is 757. The summed E-state index contributed by atoms with van der Waals surface area (Å²) in [6, 6.07) is 8.24. The lowest BCUT2D eigenvalue weighted by Crippen LogP contribution is -1.97. The van der Waals surface area contributed by atoms with Crippen molar-refractivity contribution in [2.75, 3.05) is 11.1 Å². The van der Waals surface area contributed by atoms with Crippen molar-refractivity contribution in [3.8, 4) is 0 Å². The second kappa shape index (κ2) is 4.68. The molecule has 1 aromatic heterocycles. The molecular formula is C13H9ClFN3S. The number of thiazole rings is 1. The second-order valence-electron chi connectivity index (χ2n) is 3.98. The molecule has 0 aliphatic rings. The predicted octanol–water partition coefficient (Wildman–Crippen LogP) is 4.41. The summed E-state index contributed by atoms with van der Waals surface area (Å²) in [5.74, 6) is -0.449. The number of nitrogens with two attached hydrogens (primary N) is 1. The minimum Gasteiger partial charge on any atom is -0.395 e. The largest absolute Gasteiger partial charge is 0.395 e. The van der Waals surface area contributed by atoms with Crippen LogP contribution in [0.4, 0.5) is 21.5 Å². The first-order valence-electron chi connectivity index (χ1n) is 5.49. The molecule has 0 bridgehead atoms. The van der Waals surface area contributed by atoms with E-state index in [0.717, 1.165) is 15.9 Å². The summed E-state index contributed by atoms with van der Waals surface area (Å²) < 4.78 is 14.1. The van der Waals surface area contributed by atoms with Gasteiger partial charge in [0.25, 0.3) is 0 Å². The van der Waals surface area contributed by atoms with Crippen LogP contribution < -0.4 is 11.1 Å². The van der Waals surface area contributed by atoms with Gasteiger partial charge in [-0.15, -0.1) is 11.3 Å². The Morgan fingerprint density at radius 1 is 1.26 bits per heavy atom. The van der Waals surface area contributed by atoms with E-state index in [9.17, 15) is 4.39 Å². The van der Waals surface area contributed by atoms with E-state index >= 15 is 0 Å². The van der Waals surface area contributed by atoms with Gasteiger partial charge in [0.2, 0.25) is 0 Å². The van der Waals surface area contributed by atoms with E-state index in [1.54, 1.807) is 11.6 Å². The number of nitrogens with zero attached hydrogens (tertiary/aromatic N) is 1. The van der Waals surface area contributed by atoms with Crippen LogP contribution in [0.2, 0.25) is 5.02 Å². The maximum absolute atomic E-state index is 13.1. The molecule has 96 valence electrons. The summed E-state index contributed by atoms with van der Waals surface area (Å²) >= 11 is 7.27. The van der Waals surface area contributed by atoms with E-state index in [-0.39, 0.29) is 5.02 Å². The highest BCUT2D eigenvalue weighted by atomic mass is 35.5. The molecule has 1 heterocycles. The first kappa shape index (κ1) is 12.2. The summed E-state index contributed by atoms with van der Waals surface area (Å²) in [6.45, 7) is 0. The Kier molecular flexibility index (Phi) is 3.00. The van der Waals surface area contributed by atoms with Gasteiger partial charge >= 0.3 is 0 Å². The van der Waals surface area contributed by atoms with E-state index in [1.807, 2.05) is 12.1 Å². The zero-order valence-corrected chi connectivity index (χ0v) is 11.2. The van der Waals surface area contributed by atoms with Gasteiger partial charge in [-0.1, -0.05) is 11.6 Å². The summed E-state index contributed by atoms with van der Waals surface area (Å²) in [5, 5.41) is 3.18. The SMILES string of the molecule is Nc1c(Nc2ccc(F)c(Cl)c2)ccc2scnc12. The summed E-state index contributed by atoms with van der Waals surface area (Å²) in [5.41, 5.74) is 10.5. The van der Waals surface area contributed by atoms with Crippen molar-refractivity contribution >= 4 is 50.2 Å². The van der Waals surface area contributed by atoms with Crippen LogP contribution in [0, 0.1) is 5.82 Å². The van der Waals surface area contributed by atoms with Gasteiger partial charge < -0.3 is 11.1 Å². The molecule has 6 heteroatoms. The summed E-state index contributed by atoms with van der Waals surface area (Å²) in [7, 11) is 0. The van der Waals surface area contributed by atoms with Crippen LogP contribution in [-0.4, -0.2) is 4.98 Å². The second-order valence-corrected chi connectivity index (χ2v) is 5.27. The van der Waals surface area contributed by atoms with Gasteiger partial charge in [-0.25, -0.2) is 9.37 Å². The van der Waals surface area contributed by atoms with Crippen LogP contribution in [0.25, 0.3) is 10.2 Å². The van der Waals surface area contributed by atoms with Crippen LogP contribution in [0.15, 0.2) is 35.8 Å². The average Bonchev–Trinajstić information content (AvgIpc) is 2.86. The van der Waals surface area contributed by atoms with Gasteiger partial charge in [0.1, 0.15) is 11.3 Å². The number of benzene rings is 2. The highest BCUT2D eigenvalue weighted by Crippen LogP contribution is 2.32. The van der Waals surface area contributed by atoms with Crippen LogP contribution in [0.5, 0.6) is 0 Å². The molecule has 0 unspecified atom stereocenters. The van der Waals surface area contributed by atoms with Crippen LogP contribution in [0.3, 0.4) is 0 Å². The molecule has 0 aliphatic carbocycles. The third kappa shape index (κ3) is 2.22. The number of rotatable bonds is 2.